The molecule has 3 aromatic carbocycles. The Balaban J connectivity index is 1.75. The second kappa shape index (κ2) is 17.8. The molecule has 0 saturated carbocycles. The molecule has 4 aromatic rings. The molecule has 25 heteroatoms. The predicted molar refractivity (Wildman–Crippen MR) is 287 cm³/mol. The Morgan fingerprint density at radius 1 is 0.738 bits per heavy atom. The van der Waals surface area contributed by atoms with Crippen LogP contribution in [0.4, 0.5) is 17.6 Å². The Morgan fingerprint density at radius 2 is 1.21 bits per heavy atom. The number of carbonyl (C=O) groups is 1. The molecule has 0 fully saturated rings. The van der Waals surface area contributed by atoms with E-state index < -0.39 is 27.8 Å². The third-order valence-corrected chi connectivity index (χ3v) is 15.6. The highest BCUT2D eigenvalue weighted by molar-refractivity contribution is 7.98. The summed E-state index contributed by atoms with van der Waals surface area (Å²) < 4.78 is 58.9. The standard InChI is InChI=1S/C36H52B14F4N4O2S/c1-3-56(4-2)35(47,48)36(49,50)58(18(59)12-57-17-7-5-6-16(17)31(60)55-32(57)61-13-14-8-10-15(51)11-9-14)33(45,46)21-27(41)23(37)19(24(38)28(21)42)20-25(39)29(43)22(34(52,53)54)30(44)26(20)40/h8-11H,3-7,12-13,37-50H2,1-2H3. The van der Waals surface area contributed by atoms with Gasteiger partial charge in [-0.25, -0.2) is 4.39 Å². The number of amides is 1. The zero-order chi connectivity index (χ0) is 45.9. The van der Waals surface area contributed by atoms with Gasteiger partial charge < -0.3 is 14.4 Å². The number of rotatable bonds is 13. The van der Waals surface area contributed by atoms with Crippen molar-refractivity contribution in [2.24, 2.45) is 0 Å². The van der Waals surface area contributed by atoms with E-state index in [1.165, 1.54) is 23.9 Å². The topological polar surface area (TPSA) is 58.4 Å². The van der Waals surface area contributed by atoms with Crippen molar-refractivity contribution in [3.63, 3.8) is 0 Å². The summed E-state index contributed by atoms with van der Waals surface area (Å²) in [6, 6.07) is 6.26. The highest BCUT2D eigenvalue weighted by Crippen LogP contribution is 2.35. The summed E-state index contributed by atoms with van der Waals surface area (Å²) in [5.41, 5.74) is 9.87. The summed E-state index contributed by atoms with van der Waals surface area (Å²) in [4.78, 5) is 38.2. The van der Waals surface area contributed by atoms with Crippen LogP contribution in [0.15, 0.2) is 34.2 Å². The molecule has 0 radical (unpaired) electrons. The third-order valence-electron chi connectivity index (χ3n) is 14.6. The summed E-state index contributed by atoms with van der Waals surface area (Å²) in [5, 5.41) is -1.77. The van der Waals surface area contributed by atoms with Gasteiger partial charge >= 0.3 is 6.18 Å². The first-order chi connectivity index (χ1) is 28.2. The molecule has 0 unspecified atom stereocenters. The van der Waals surface area contributed by atoms with Gasteiger partial charge in [-0.15, -0.1) is 0 Å². The number of carbonyl (C=O) groups excluding carboxylic acids is 1. The van der Waals surface area contributed by atoms with Gasteiger partial charge in [0.25, 0.3) is 5.56 Å². The summed E-state index contributed by atoms with van der Waals surface area (Å²) in [6.07, 6.45) is -2.42. The molecule has 0 bridgehead atoms. The summed E-state index contributed by atoms with van der Waals surface area (Å²) in [7, 11) is 27.9. The average molecular weight is 832 g/mol. The van der Waals surface area contributed by atoms with Crippen molar-refractivity contribution in [3.8, 4) is 11.1 Å². The largest absolute Gasteiger partial charge is 0.415 e. The van der Waals surface area contributed by atoms with Crippen molar-refractivity contribution >= 4 is 171 Å². The Kier molecular flexibility index (Phi) is 14.3. The molecule has 1 aliphatic rings. The van der Waals surface area contributed by atoms with Crippen LogP contribution >= 0.6 is 11.8 Å². The van der Waals surface area contributed by atoms with Crippen LogP contribution in [-0.2, 0) is 41.4 Å². The summed E-state index contributed by atoms with van der Waals surface area (Å²) >= 11 is 1.37. The van der Waals surface area contributed by atoms with Crippen LogP contribution in [0.5, 0.6) is 0 Å². The first-order valence-corrected chi connectivity index (χ1v) is 22.5. The van der Waals surface area contributed by atoms with Crippen molar-refractivity contribution in [2.45, 2.75) is 72.8 Å². The average Bonchev–Trinajstić information content (AvgIpc) is 3.66. The fourth-order valence-electron chi connectivity index (χ4n) is 10.6. The van der Waals surface area contributed by atoms with Gasteiger partial charge in [0.05, 0.1) is 0 Å². The number of thioether (sulfide) groups is 1. The molecule has 0 saturated heterocycles. The molecule has 0 spiro atoms. The molecule has 1 heterocycles. The molecule has 0 atom stereocenters. The van der Waals surface area contributed by atoms with Crippen LogP contribution < -0.4 is 49.3 Å². The number of halogens is 4. The Morgan fingerprint density at radius 3 is 1.67 bits per heavy atom. The molecule has 1 aliphatic carbocycles. The maximum Gasteiger partial charge on any atom is 0.415 e. The van der Waals surface area contributed by atoms with Gasteiger partial charge in [0.15, 0.2) is 5.16 Å². The van der Waals surface area contributed by atoms with E-state index in [4.69, 9.17) is 0 Å². The highest BCUT2D eigenvalue weighted by Gasteiger charge is 2.51. The van der Waals surface area contributed by atoms with Crippen molar-refractivity contribution in [1.82, 2.24) is 19.4 Å². The minimum absolute atomic E-state index is 0.0425. The Hall–Kier alpha value is -3.05. The van der Waals surface area contributed by atoms with E-state index in [-0.39, 0.29) is 34.8 Å². The normalized spacial score (nSPS) is 13.4. The van der Waals surface area contributed by atoms with Gasteiger partial charge in [0.1, 0.15) is 122 Å². The zero-order valence-electron chi connectivity index (χ0n) is 39.3. The van der Waals surface area contributed by atoms with Crippen LogP contribution in [0.3, 0.4) is 0 Å². The quantitative estimate of drug-likeness (QED) is 0.0581. The number of likely N-dealkylation sites (N-methyl/N-ethyl adjacent to an activating group) is 1. The van der Waals surface area contributed by atoms with Crippen LogP contribution in [0.25, 0.3) is 11.1 Å². The SMILES string of the molecule is Bc1c(B)c(C(F)(F)F)c(B)c(B)c1-c1c(B)c(B)c(C(B)(B)N(C(=O)Cn2c(SCc3ccc(F)cc3)nc(=O)c3c2CCC3)C(B)(B)C(B)(B)N(CC)CC)c(B)c1B. The number of benzene rings is 3. The number of hydrogen-bond donors (Lipinski definition) is 0. The Labute approximate surface area is 376 Å². The molecule has 6 nitrogen and oxygen atoms in total. The molecule has 0 N–H and O–H groups in total. The minimum atomic E-state index is -4.47. The van der Waals surface area contributed by atoms with Crippen LogP contribution in [0.1, 0.15) is 48.2 Å². The van der Waals surface area contributed by atoms with E-state index in [1.807, 2.05) is 4.57 Å². The lowest BCUT2D eigenvalue weighted by atomic mass is 9.34. The number of fused-ring (bicyclic) bond motifs is 1. The van der Waals surface area contributed by atoms with E-state index >= 15 is 4.79 Å². The van der Waals surface area contributed by atoms with E-state index in [9.17, 15) is 22.4 Å². The molecule has 1 amide bonds. The maximum atomic E-state index is 15.8. The fraction of sp³-hybridized carbons (Fsp3) is 0.361. The lowest BCUT2D eigenvalue weighted by Gasteiger charge is -2.61. The lowest BCUT2D eigenvalue weighted by molar-refractivity contribution is -0.137. The number of alkyl halides is 3. The van der Waals surface area contributed by atoms with Gasteiger partial charge in [-0.1, -0.05) is 87.0 Å². The smallest absolute Gasteiger partial charge is 0.357 e. The van der Waals surface area contributed by atoms with Gasteiger partial charge in [-0.2, -0.15) is 18.2 Å². The van der Waals surface area contributed by atoms with Gasteiger partial charge in [-0.3, -0.25) is 9.59 Å². The van der Waals surface area contributed by atoms with E-state index in [2.05, 4.69) is 107 Å². The third kappa shape index (κ3) is 8.66. The number of aromatic nitrogens is 2. The number of nitrogens with zero attached hydrogens (tertiary/aromatic N) is 4. The molecular formula is C36H52B14F4N4O2S. The molecule has 61 heavy (non-hydrogen) atoms. The van der Waals surface area contributed by atoms with Crippen molar-refractivity contribution in [1.29, 1.82) is 0 Å². The van der Waals surface area contributed by atoms with Crippen LogP contribution in [0.2, 0.25) is 0 Å². The van der Waals surface area contributed by atoms with E-state index in [0.29, 0.717) is 40.2 Å². The maximum absolute atomic E-state index is 15.8. The summed E-state index contributed by atoms with van der Waals surface area (Å²) in [6.45, 7) is 5.76. The highest BCUT2D eigenvalue weighted by atomic mass is 32.2. The monoisotopic (exact) mass is 835 g/mol. The van der Waals surface area contributed by atoms with E-state index in [0.717, 1.165) is 69.3 Å². The molecular weight excluding hydrogens is 780 g/mol. The Bertz CT molecular complexity index is 2390. The van der Waals surface area contributed by atoms with Crippen LogP contribution in [0, 0.1) is 5.82 Å². The molecule has 5 rings (SSSR count). The van der Waals surface area contributed by atoms with Gasteiger partial charge in [-0.05, 0) is 71.9 Å². The first-order valence-electron chi connectivity index (χ1n) is 21.5. The fourth-order valence-corrected chi connectivity index (χ4v) is 11.6. The summed E-state index contributed by atoms with van der Waals surface area (Å²) in [5.74, 6) is -0.0158. The van der Waals surface area contributed by atoms with E-state index in [1.54, 1.807) is 43.5 Å². The molecule has 0 aliphatic heterocycles. The van der Waals surface area contributed by atoms with Crippen molar-refractivity contribution < 1.29 is 22.4 Å². The van der Waals surface area contributed by atoms with Crippen molar-refractivity contribution in [3.05, 3.63) is 68.4 Å². The zero-order valence-corrected chi connectivity index (χ0v) is 40.1. The lowest BCUT2D eigenvalue weighted by Crippen LogP contribution is -2.78. The van der Waals surface area contributed by atoms with Gasteiger partial charge in [0.2, 0.25) is 5.91 Å². The predicted octanol–water partition coefficient (Wildman–Crippen LogP) is -13.0. The second-order valence-corrected chi connectivity index (χ2v) is 19.5. The second-order valence-electron chi connectivity index (χ2n) is 18.6. The molecule has 304 valence electrons. The molecule has 1 aromatic heterocycles. The van der Waals surface area contributed by atoms with Crippen molar-refractivity contribution in [2.75, 3.05) is 13.1 Å². The number of hydrogen-bond acceptors (Lipinski definition) is 5. The minimum Gasteiger partial charge on any atom is -0.357 e. The first kappa shape index (κ1) is 49.0. The van der Waals surface area contributed by atoms with Gasteiger partial charge in [0, 0.05) is 27.9 Å². The van der Waals surface area contributed by atoms with Crippen LogP contribution in [-0.4, -0.2) is 159 Å².